The van der Waals surface area contributed by atoms with Gasteiger partial charge < -0.3 is 19.1 Å². The molecule has 0 saturated heterocycles. The van der Waals surface area contributed by atoms with Crippen molar-refractivity contribution in [3.05, 3.63) is 47.5 Å². The number of ether oxygens (including phenoxy) is 3. The first-order valence-electron chi connectivity index (χ1n) is 9.71. The first-order valence-corrected chi connectivity index (χ1v) is 11.5. The normalized spacial score (nSPS) is 15.7. The summed E-state index contributed by atoms with van der Waals surface area (Å²) in [6.45, 7) is 1.60. The van der Waals surface area contributed by atoms with Crippen LogP contribution in [-0.2, 0) is 24.3 Å². The summed E-state index contributed by atoms with van der Waals surface area (Å²) in [5.41, 5.74) is 0.438. The number of para-hydroxylation sites is 2. The average Bonchev–Trinajstić information content (AvgIpc) is 2.78. The summed E-state index contributed by atoms with van der Waals surface area (Å²) in [5, 5.41) is 0.149. The van der Waals surface area contributed by atoms with Gasteiger partial charge in [0.25, 0.3) is 0 Å². The molecule has 32 heavy (non-hydrogen) atoms. The maximum Gasteiger partial charge on any atom is 0.348 e. The number of sulfonamides is 1. The highest BCUT2D eigenvalue weighted by Gasteiger charge is 2.35. The summed E-state index contributed by atoms with van der Waals surface area (Å²) in [5.74, 6) is -0.475. The number of anilines is 1. The molecule has 1 atom stereocenters. The minimum absolute atomic E-state index is 0.0731. The van der Waals surface area contributed by atoms with Crippen LogP contribution in [0, 0.1) is 0 Å². The summed E-state index contributed by atoms with van der Waals surface area (Å²) in [4.78, 5) is 26.3. The van der Waals surface area contributed by atoms with E-state index in [0.717, 1.165) is 4.31 Å². The fraction of sp³-hybridized carbons (Fsp3) is 0.333. The van der Waals surface area contributed by atoms with E-state index in [4.69, 9.17) is 25.8 Å². The molecule has 0 fully saturated rings. The highest BCUT2D eigenvalue weighted by Crippen LogP contribution is 2.34. The Kier molecular flexibility index (Phi) is 7.27. The van der Waals surface area contributed by atoms with Gasteiger partial charge in [0.2, 0.25) is 22.0 Å². The van der Waals surface area contributed by atoms with Crippen LogP contribution in [0.15, 0.2) is 47.4 Å². The molecular weight excluding hydrogens is 460 g/mol. The number of carbonyl (C=O) groups excluding carboxylic acids is 2. The number of likely N-dealkylation sites (N-methyl/N-ethyl adjacent to an activating group) is 1. The van der Waals surface area contributed by atoms with Gasteiger partial charge in [-0.3, -0.25) is 4.79 Å². The molecule has 1 unspecified atom stereocenters. The molecule has 0 bridgehead atoms. The molecule has 0 spiro atoms. The van der Waals surface area contributed by atoms with E-state index < -0.39 is 34.5 Å². The summed E-state index contributed by atoms with van der Waals surface area (Å²) >= 11 is 6.12. The first kappa shape index (κ1) is 23.8. The number of amides is 1. The van der Waals surface area contributed by atoms with Crippen LogP contribution in [0.1, 0.15) is 6.92 Å². The molecule has 172 valence electrons. The monoisotopic (exact) mass is 482 g/mol. The third kappa shape index (κ3) is 4.82. The van der Waals surface area contributed by atoms with Gasteiger partial charge >= 0.3 is 5.97 Å². The van der Waals surface area contributed by atoms with Crippen LogP contribution in [0.25, 0.3) is 0 Å². The lowest BCUT2D eigenvalue weighted by molar-refractivity contribution is -0.148. The van der Waals surface area contributed by atoms with Crippen LogP contribution >= 0.6 is 11.6 Å². The zero-order valence-electron chi connectivity index (χ0n) is 17.8. The van der Waals surface area contributed by atoms with Crippen molar-refractivity contribution in [2.75, 3.05) is 38.8 Å². The predicted molar refractivity (Wildman–Crippen MR) is 118 cm³/mol. The van der Waals surface area contributed by atoms with E-state index >= 15 is 0 Å². The second-order valence-electron chi connectivity index (χ2n) is 6.89. The summed E-state index contributed by atoms with van der Waals surface area (Å²) in [7, 11) is -1.50. The third-order valence-corrected chi connectivity index (χ3v) is 6.90. The Morgan fingerprint density at radius 1 is 1.25 bits per heavy atom. The Balaban J connectivity index is 1.82. The number of hydrogen-bond acceptors (Lipinski definition) is 7. The maximum atomic E-state index is 13.1. The van der Waals surface area contributed by atoms with Crippen molar-refractivity contribution in [3.8, 4) is 11.5 Å². The van der Waals surface area contributed by atoms with Crippen molar-refractivity contribution in [1.29, 1.82) is 0 Å². The zero-order valence-corrected chi connectivity index (χ0v) is 19.4. The maximum absolute atomic E-state index is 13.1. The SMILES string of the molecule is CCOc1ccc(S(=O)(=O)N(C)CC(=O)N2CC(C(=O)OC)Oc3ccccc32)cc1Cl. The largest absolute Gasteiger partial charge is 0.492 e. The second-order valence-corrected chi connectivity index (χ2v) is 9.34. The van der Waals surface area contributed by atoms with Crippen LogP contribution in [-0.4, -0.2) is 64.6 Å². The number of hydrogen-bond donors (Lipinski definition) is 0. The lowest BCUT2D eigenvalue weighted by Crippen LogP contribution is -2.50. The van der Waals surface area contributed by atoms with Crippen molar-refractivity contribution in [1.82, 2.24) is 4.31 Å². The van der Waals surface area contributed by atoms with Crippen molar-refractivity contribution in [2.24, 2.45) is 0 Å². The van der Waals surface area contributed by atoms with Crippen LogP contribution in [0.4, 0.5) is 5.69 Å². The predicted octanol–water partition coefficient (Wildman–Crippen LogP) is 2.33. The first-order chi connectivity index (χ1) is 15.2. The molecule has 0 aromatic heterocycles. The Morgan fingerprint density at radius 2 is 1.97 bits per heavy atom. The molecule has 1 heterocycles. The number of carbonyl (C=O) groups is 2. The van der Waals surface area contributed by atoms with E-state index in [1.807, 2.05) is 0 Å². The molecular formula is C21H23ClN2O7S. The van der Waals surface area contributed by atoms with E-state index in [0.29, 0.717) is 23.8 Å². The average molecular weight is 483 g/mol. The number of fused-ring (bicyclic) bond motifs is 1. The molecule has 1 aliphatic rings. The quantitative estimate of drug-likeness (QED) is 0.558. The summed E-state index contributed by atoms with van der Waals surface area (Å²) in [6.07, 6.45) is -1.02. The number of methoxy groups -OCH3 is 1. The zero-order chi connectivity index (χ0) is 23.5. The smallest absolute Gasteiger partial charge is 0.348 e. The highest BCUT2D eigenvalue weighted by molar-refractivity contribution is 7.89. The molecule has 2 aromatic carbocycles. The van der Waals surface area contributed by atoms with Crippen LogP contribution in [0.2, 0.25) is 5.02 Å². The van der Waals surface area contributed by atoms with Crippen LogP contribution in [0.5, 0.6) is 11.5 Å². The minimum atomic E-state index is -4.02. The van der Waals surface area contributed by atoms with Crippen molar-refractivity contribution in [2.45, 2.75) is 17.9 Å². The molecule has 1 aliphatic heterocycles. The minimum Gasteiger partial charge on any atom is -0.492 e. The summed E-state index contributed by atoms with van der Waals surface area (Å²) in [6, 6.07) is 10.8. The second kappa shape index (κ2) is 9.76. The van der Waals surface area contributed by atoms with E-state index in [-0.39, 0.29) is 16.5 Å². The van der Waals surface area contributed by atoms with Crippen LogP contribution < -0.4 is 14.4 Å². The van der Waals surface area contributed by atoms with E-state index in [2.05, 4.69) is 0 Å². The van der Waals surface area contributed by atoms with Gasteiger partial charge in [-0.2, -0.15) is 4.31 Å². The molecule has 0 N–H and O–H groups in total. The van der Waals surface area contributed by atoms with Gasteiger partial charge in [0.1, 0.15) is 11.5 Å². The Bertz CT molecular complexity index is 1120. The number of esters is 1. The molecule has 0 radical (unpaired) electrons. The number of nitrogens with zero attached hydrogens (tertiary/aromatic N) is 2. The molecule has 0 saturated carbocycles. The van der Waals surface area contributed by atoms with Crippen molar-refractivity contribution in [3.63, 3.8) is 0 Å². The topological polar surface area (TPSA) is 102 Å². The van der Waals surface area contributed by atoms with Gasteiger partial charge in [-0.1, -0.05) is 23.7 Å². The molecule has 9 nitrogen and oxygen atoms in total. The Labute approximate surface area is 191 Å². The van der Waals surface area contributed by atoms with Crippen molar-refractivity contribution >= 4 is 39.2 Å². The summed E-state index contributed by atoms with van der Waals surface area (Å²) < 4.78 is 42.6. The van der Waals surface area contributed by atoms with Gasteiger partial charge in [0.15, 0.2) is 0 Å². The lowest BCUT2D eigenvalue weighted by atomic mass is 10.2. The molecule has 1 amide bonds. The third-order valence-electron chi connectivity index (χ3n) is 4.81. The number of halogens is 1. The Morgan fingerprint density at radius 3 is 2.62 bits per heavy atom. The highest BCUT2D eigenvalue weighted by atomic mass is 35.5. The van der Waals surface area contributed by atoms with Gasteiger partial charge in [-0.05, 0) is 37.3 Å². The molecule has 0 aliphatic carbocycles. The van der Waals surface area contributed by atoms with E-state index in [1.165, 1.54) is 37.3 Å². The van der Waals surface area contributed by atoms with E-state index in [1.54, 1.807) is 31.2 Å². The fourth-order valence-electron chi connectivity index (χ4n) is 3.18. The van der Waals surface area contributed by atoms with Crippen LogP contribution in [0.3, 0.4) is 0 Å². The van der Waals surface area contributed by atoms with Gasteiger partial charge in [0.05, 0.1) is 42.4 Å². The molecule has 2 aromatic rings. The number of benzene rings is 2. The van der Waals surface area contributed by atoms with Gasteiger partial charge in [0, 0.05) is 7.05 Å². The standard InChI is InChI=1S/C21H23ClN2O7S/c1-4-30-17-10-9-14(11-15(17)22)32(27,28)23(2)13-20(25)24-12-19(21(26)29-3)31-18-8-6-5-7-16(18)24/h5-11,19H,4,12-13H2,1-3H3. The molecule has 11 heteroatoms. The molecule has 3 rings (SSSR count). The fourth-order valence-corrected chi connectivity index (χ4v) is 4.63. The Hall–Kier alpha value is -2.82. The van der Waals surface area contributed by atoms with E-state index in [9.17, 15) is 18.0 Å². The van der Waals surface area contributed by atoms with Gasteiger partial charge in [-0.25, -0.2) is 13.2 Å². The lowest BCUT2D eigenvalue weighted by Gasteiger charge is -2.34. The van der Waals surface area contributed by atoms with Gasteiger partial charge in [-0.15, -0.1) is 0 Å². The number of rotatable bonds is 7. The van der Waals surface area contributed by atoms with Crippen molar-refractivity contribution < 1.29 is 32.2 Å².